The molecule has 0 radical (unpaired) electrons. The van der Waals surface area contributed by atoms with Crippen LogP contribution in [0.4, 0.5) is 0 Å². The van der Waals surface area contributed by atoms with Gasteiger partial charge in [0, 0.05) is 6.42 Å². The number of piperidine rings is 1. The fourth-order valence-corrected chi connectivity index (χ4v) is 2.58. The van der Waals surface area contributed by atoms with Gasteiger partial charge in [-0.2, -0.15) is 0 Å². The SMILES string of the molecule is O=C1CCCC(COC(=O)c2ccc(OCc3ccccc3)cn2)N1. The number of nitrogens with zero attached hydrogens (tertiary/aromatic N) is 1. The second-order valence-electron chi connectivity index (χ2n) is 5.91. The monoisotopic (exact) mass is 340 g/mol. The molecule has 1 aromatic heterocycles. The zero-order valence-electron chi connectivity index (χ0n) is 13.8. The van der Waals surface area contributed by atoms with Gasteiger partial charge < -0.3 is 14.8 Å². The van der Waals surface area contributed by atoms with Crippen LogP contribution in [-0.4, -0.2) is 29.5 Å². The van der Waals surface area contributed by atoms with Crippen LogP contribution in [-0.2, 0) is 16.1 Å². The molecule has 1 saturated heterocycles. The van der Waals surface area contributed by atoms with Crippen LogP contribution < -0.4 is 10.1 Å². The van der Waals surface area contributed by atoms with Gasteiger partial charge in [-0.1, -0.05) is 30.3 Å². The number of pyridine rings is 1. The van der Waals surface area contributed by atoms with Crippen molar-refractivity contribution in [3.8, 4) is 5.75 Å². The molecule has 1 amide bonds. The zero-order chi connectivity index (χ0) is 17.5. The molecule has 1 fully saturated rings. The highest BCUT2D eigenvalue weighted by Gasteiger charge is 2.20. The van der Waals surface area contributed by atoms with E-state index in [2.05, 4.69) is 10.3 Å². The van der Waals surface area contributed by atoms with Crippen LogP contribution in [0.25, 0.3) is 0 Å². The first kappa shape index (κ1) is 17.0. The van der Waals surface area contributed by atoms with E-state index in [0.29, 0.717) is 18.8 Å². The van der Waals surface area contributed by atoms with Crippen molar-refractivity contribution in [3.63, 3.8) is 0 Å². The van der Waals surface area contributed by atoms with Crippen molar-refractivity contribution < 1.29 is 19.1 Å². The number of nitrogens with one attached hydrogen (secondary N) is 1. The van der Waals surface area contributed by atoms with Gasteiger partial charge in [-0.3, -0.25) is 4.79 Å². The smallest absolute Gasteiger partial charge is 0.356 e. The van der Waals surface area contributed by atoms with Crippen LogP contribution in [0.3, 0.4) is 0 Å². The highest BCUT2D eigenvalue weighted by Crippen LogP contribution is 2.13. The second kappa shape index (κ2) is 8.28. The molecule has 25 heavy (non-hydrogen) atoms. The first-order valence-corrected chi connectivity index (χ1v) is 8.30. The molecule has 1 N–H and O–H groups in total. The maximum absolute atomic E-state index is 12.0. The average Bonchev–Trinajstić information content (AvgIpc) is 2.66. The van der Waals surface area contributed by atoms with Gasteiger partial charge in [0.1, 0.15) is 24.7 Å². The number of hydrogen-bond donors (Lipinski definition) is 1. The van der Waals surface area contributed by atoms with Crippen molar-refractivity contribution in [1.29, 1.82) is 0 Å². The fraction of sp³-hybridized carbons (Fsp3) is 0.316. The summed E-state index contributed by atoms with van der Waals surface area (Å²) in [5, 5.41) is 2.81. The van der Waals surface area contributed by atoms with Crippen LogP contribution in [0.2, 0.25) is 0 Å². The van der Waals surface area contributed by atoms with E-state index in [1.807, 2.05) is 30.3 Å². The van der Waals surface area contributed by atoms with Gasteiger partial charge in [-0.25, -0.2) is 9.78 Å². The van der Waals surface area contributed by atoms with Gasteiger partial charge in [0.25, 0.3) is 0 Å². The number of benzene rings is 1. The highest BCUT2D eigenvalue weighted by molar-refractivity contribution is 5.87. The van der Waals surface area contributed by atoms with Crippen LogP contribution >= 0.6 is 0 Å². The number of carbonyl (C=O) groups excluding carboxylic acids is 2. The Labute approximate surface area is 146 Å². The second-order valence-corrected chi connectivity index (χ2v) is 5.91. The van der Waals surface area contributed by atoms with Gasteiger partial charge >= 0.3 is 5.97 Å². The number of rotatable bonds is 6. The molecule has 0 saturated carbocycles. The van der Waals surface area contributed by atoms with E-state index in [4.69, 9.17) is 9.47 Å². The van der Waals surface area contributed by atoms with Gasteiger partial charge in [0.15, 0.2) is 0 Å². The summed E-state index contributed by atoms with van der Waals surface area (Å²) in [5.41, 5.74) is 1.27. The van der Waals surface area contributed by atoms with E-state index in [1.165, 1.54) is 6.20 Å². The van der Waals surface area contributed by atoms with Gasteiger partial charge in [0.05, 0.1) is 12.2 Å². The first-order chi connectivity index (χ1) is 12.2. The summed E-state index contributed by atoms with van der Waals surface area (Å²) in [6.45, 7) is 0.603. The predicted molar refractivity (Wildman–Crippen MR) is 91.1 cm³/mol. The van der Waals surface area contributed by atoms with Crippen molar-refractivity contribution in [2.75, 3.05) is 6.61 Å². The maximum atomic E-state index is 12.0. The summed E-state index contributed by atoms with van der Waals surface area (Å²) in [6, 6.07) is 12.9. The van der Waals surface area contributed by atoms with E-state index < -0.39 is 5.97 Å². The summed E-state index contributed by atoms with van der Waals surface area (Å²) in [6.07, 6.45) is 3.68. The molecular formula is C19H20N2O4. The third-order valence-corrected chi connectivity index (χ3v) is 3.93. The Bertz CT molecular complexity index is 716. The zero-order valence-corrected chi connectivity index (χ0v) is 13.8. The summed E-state index contributed by atoms with van der Waals surface area (Å²) in [7, 11) is 0. The predicted octanol–water partition coefficient (Wildman–Crippen LogP) is 2.49. The van der Waals surface area contributed by atoms with Crippen molar-refractivity contribution in [2.24, 2.45) is 0 Å². The van der Waals surface area contributed by atoms with Gasteiger partial charge in [-0.05, 0) is 30.5 Å². The molecule has 3 rings (SSSR count). The Morgan fingerprint density at radius 3 is 2.76 bits per heavy atom. The molecule has 2 heterocycles. The van der Waals surface area contributed by atoms with E-state index in [9.17, 15) is 9.59 Å². The van der Waals surface area contributed by atoms with Gasteiger partial charge in [-0.15, -0.1) is 0 Å². The Kier molecular flexibility index (Phi) is 5.61. The number of esters is 1. The minimum Gasteiger partial charge on any atom is -0.487 e. The van der Waals surface area contributed by atoms with Crippen LogP contribution in [0.1, 0.15) is 35.3 Å². The minimum absolute atomic E-state index is 0.00495. The lowest BCUT2D eigenvalue weighted by atomic mass is 10.1. The van der Waals surface area contributed by atoms with Crippen molar-refractivity contribution >= 4 is 11.9 Å². The number of aromatic nitrogens is 1. The third kappa shape index (κ3) is 5.04. The Balaban J connectivity index is 1.47. The summed E-state index contributed by atoms with van der Waals surface area (Å²) in [5.74, 6) is 0.0831. The summed E-state index contributed by atoms with van der Waals surface area (Å²) in [4.78, 5) is 27.4. The number of ether oxygens (including phenoxy) is 2. The normalized spacial score (nSPS) is 16.8. The third-order valence-electron chi connectivity index (χ3n) is 3.93. The molecule has 1 aliphatic heterocycles. The number of amides is 1. The molecule has 0 aliphatic carbocycles. The quantitative estimate of drug-likeness (QED) is 0.818. The van der Waals surface area contributed by atoms with Crippen LogP contribution in [0.5, 0.6) is 5.75 Å². The molecule has 1 aromatic carbocycles. The fourth-order valence-electron chi connectivity index (χ4n) is 2.58. The summed E-state index contributed by atoms with van der Waals surface area (Å²) < 4.78 is 10.9. The van der Waals surface area contributed by atoms with Crippen molar-refractivity contribution in [1.82, 2.24) is 10.3 Å². The first-order valence-electron chi connectivity index (χ1n) is 8.30. The summed E-state index contributed by atoms with van der Waals surface area (Å²) >= 11 is 0. The van der Waals surface area contributed by atoms with Gasteiger partial charge in [0.2, 0.25) is 5.91 Å². The molecule has 1 unspecified atom stereocenters. The Morgan fingerprint density at radius 2 is 2.04 bits per heavy atom. The Morgan fingerprint density at radius 1 is 1.20 bits per heavy atom. The molecular weight excluding hydrogens is 320 g/mol. The Hall–Kier alpha value is -2.89. The molecule has 0 spiro atoms. The molecule has 0 bridgehead atoms. The minimum atomic E-state index is -0.505. The van der Waals surface area contributed by atoms with Crippen molar-refractivity contribution in [3.05, 3.63) is 59.9 Å². The lowest BCUT2D eigenvalue weighted by Crippen LogP contribution is -2.42. The molecule has 1 aliphatic rings. The lowest BCUT2D eigenvalue weighted by Gasteiger charge is -2.22. The molecule has 6 nitrogen and oxygen atoms in total. The van der Waals surface area contributed by atoms with Crippen LogP contribution in [0.15, 0.2) is 48.7 Å². The van der Waals surface area contributed by atoms with Crippen LogP contribution in [0, 0.1) is 0 Å². The highest BCUT2D eigenvalue weighted by atomic mass is 16.5. The molecule has 130 valence electrons. The lowest BCUT2D eigenvalue weighted by molar-refractivity contribution is -0.123. The van der Waals surface area contributed by atoms with E-state index in [-0.39, 0.29) is 24.2 Å². The van der Waals surface area contributed by atoms with E-state index >= 15 is 0 Å². The maximum Gasteiger partial charge on any atom is 0.356 e. The average molecular weight is 340 g/mol. The molecule has 1 atom stereocenters. The number of hydrogen-bond acceptors (Lipinski definition) is 5. The molecule has 6 heteroatoms. The number of carbonyl (C=O) groups is 2. The van der Waals surface area contributed by atoms with Crippen molar-refractivity contribution in [2.45, 2.75) is 31.9 Å². The largest absolute Gasteiger partial charge is 0.487 e. The van der Waals surface area contributed by atoms with E-state index in [1.54, 1.807) is 12.1 Å². The van der Waals surface area contributed by atoms with E-state index in [0.717, 1.165) is 18.4 Å². The standard InChI is InChI=1S/C19H20N2O4/c22-18-8-4-7-15(21-18)13-25-19(23)17-10-9-16(11-20-17)24-12-14-5-2-1-3-6-14/h1-3,5-6,9-11,15H,4,7-8,12-13H2,(H,21,22). The topological polar surface area (TPSA) is 77.5 Å². The molecule has 2 aromatic rings.